The molecular weight excluding hydrogens is 541 g/mol. The largest absolute Gasteiger partial charge is 0.424 e. The summed E-state index contributed by atoms with van der Waals surface area (Å²) in [4.78, 5) is 25.9. The van der Waals surface area contributed by atoms with Crippen molar-refractivity contribution in [2.45, 2.75) is 26.3 Å². The van der Waals surface area contributed by atoms with Gasteiger partial charge in [-0.05, 0) is 30.2 Å². The zero-order valence-electron chi connectivity index (χ0n) is 22.6. The number of imidazole rings is 1. The lowest BCUT2D eigenvalue weighted by Crippen LogP contribution is -2.22. The first-order valence-corrected chi connectivity index (χ1v) is 13.0. The number of carbonyl (C=O) groups excluding carboxylic acids is 1. The molecule has 0 fully saturated rings. The molecule has 42 heavy (non-hydrogen) atoms. The maximum absolute atomic E-state index is 15.1. The molecule has 6 rings (SSSR count). The lowest BCUT2D eigenvalue weighted by molar-refractivity contribution is 0.262. The molecule has 5 aromatic heterocycles. The van der Waals surface area contributed by atoms with E-state index in [4.69, 9.17) is 10.5 Å². The second-order valence-electron chi connectivity index (χ2n) is 9.64. The van der Waals surface area contributed by atoms with Crippen molar-refractivity contribution in [3.05, 3.63) is 90.7 Å². The molecule has 14 heteroatoms. The molecule has 6 aromatic rings. The van der Waals surface area contributed by atoms with Gasteiger partial charge < -0.3 is 20.2 Å². The fourth-order valence-corrected chi connectivity index (χ4v) is 4.26. The lowest BCUT2D eigenvalue weighted by Gasteiger charge is -2.14. The number of benzene rings is 1. The number of fused-ring (bicyclic) bond motifs is 1. The number of nitrogens with zero attached hydrogens (tertiary/aromatic N) is 7. The number of urea groups is 1. The van der Waals surface area contributed by atoms with Crippen molar-refractivity contribution in [2.75, 3.05) is 10.6 Å². The van der Waals surface area contributed by atoms with E-state index in [0.717, 1.165) is 16.9 Å². The number of anilines is 2. The van der Waals surface area contributed by atoms with Crippen molar-refractivity contribution in [1.82, 2.24) is 39.3 Å². The third-order valence-corrected chi connectivity index (χ3v) is 6.43. The molecule has 0 radical (unpaired) electrons. The third kappa shape index (κ3) is 5.38. The molecule has 0 unspecified atom stereocenters. The van der Waals surface area contributed by atoms with Gasteiger partial charge in [0.2, 0.25) is 0 Å². The predicted molar refractivity (Wildman–Crippen MR) is 153 cm³/mol. The molecule has 13 nitrogen and oxygen atoms in total. The maximum Gasteiger partial charge on any atom is 0.324 e. The molecule has 0 saturated heterocycles. The van der Waals surface area contributed by atoms with Gasteiger partial charge in [-0.2, -0.15) is 15.2 Å². The Kier molecular flexibility index (Phi) is 7.02. The Morgan fingerprint density at radius 1 is 1.14 bits per heavy atom. The highest BCUT2D eigenvalue weighted by molar-refractivity contribution is 5.99. The third-order valence-electron chi connectivity index (χ3n) is 6.43. The fraction of sp³-hybridized carbons (Fsp3) is 0.143. The summed E-state index contributed by atoms with van der Waals surface area (Å²) >= 11 is 0. The van der Waals surface area contributed by atoms with E-state index in [1.54, 1.807) is 35.4 Å². The van der Waals surface area contributed by atoms with Gasteiger partial charge in [0.1, 0.15) is 23.0 Å². The number of rotatable bonds is 8. The fourth-order valence-electron chi connectivity index (χ4n) is 4.26. The van der Waals surface area contributed by atoms with Gasteiger partial charge in [-0.15, -0.1) is 0 Å². The summed E-state index contributed by atoms with van der Waals surface area (Å²) in [6.45, 7) is 3.98. The number of hydrogen-bond donors (Lipinski definition) is 4. The van der Waals surface area contributed by atoms with Crippen LogP contribution in [0.25, 0.3) is 22.6 Å². The highest BCUT2D eigenvalue weighted by atomic mass is 19.1. The van der Waals surface area contributed by atoms with E-state index < -0.39 is 11.8 Å². The average Bonchev–Trinajstić information content (AvgIpc) is 3.76. The molecule has 2 amide bonds. The number of aromatic nitrogens is 8. The summed E-state index contributed by atoms with van der Waals surface area (Å²) in [5.74, 6) is 0.00452. The van der Waals surface area contributed by atoms with E-state index in [1.807, 2.05) is 42.8 Å². The summed E-state index contributed by atoms with van der Waals surface area (Å²) in [5, 5.41) is 16.7. The van der Waals surface area contributed by atoms with Gasteiger partial charge in [-0.3, -0.25) is 10.4 Å². The molecule has 0 aliphatic heterocycles. The summed E-state index contributed by atoms with van der Waals surface area (Å²) < 4.78 is 24.4. The molecule has 0 aliphatic rings. The van der Waals surface area contributed by atoms with Gasteiger partial charge in [-0.25, -0.2) is 23.8 Å². The van der Waals surface area contributed by atoms with E-state index in [2.05, 4.69) is 40.9 Å². The highest BCUT2D eigenvalue weighted by Gasteiger charge is 2.18. The van der Waals surface area contributed by atoms with Crippen LogP contribution in [0.2, 0.25) is 0 Å². The number of nitrogens with one attached hydrogen (secondary N) is 3. The molecule has 5 heterocycles. The zero-order valence-corrected chi connectivity index (χ0v) is 22.6. The number of carbonyl (C=O) groups is 1. The minimum absolute atomic E-state index is 0.0153. The Hall–Kier alpha value is -5.63. The first-order valence-electron chi connectivity index (χ1n) is 13.0. The normalized spacial score (nSPS) is 11.3. The van der Waals surface area contributed by atoms with Gasteiger partial charge in [0, 0.05) is 60.8 Å². The van der Waals surface area contributed by atoms with E-state index in [1.165, 1.54) is 18.3 Å². The molecular formula is C28H26FN11O2. The van der Waals surface area contributed by atoms with Crippen molar-refractivity contribution in [1.29, 1.82) is 0 Å². The lowest BCUT2D eigenvalue weighted by atomic mass is 10.1. The molecule has 0 saturated carbocycles. The van der Waals surface area contributed by atoms with Crippen LogP contribution in [-0.2, 0) is 6.54 Å². The minimum Gasteiger partial charge on any atom is -0.424 e. The first-order chi connectivity index (χ1) is 20.4. The van der Waals surface area contributed by atoms with Gasteiger partial charge in [0.05, 0.1) is 29.0 Å². The SMILES string of the molecule is CC(C)c1cc(NC(=O)Nc2cc(Oc3nccc(-c4cn[nH]c4)n3)c(CN)cc2F)n(-c2ccc3nccn3c2)n1. The Balaban J connectivity index is 1.25. The Labute approximate surface area is 238 Å². The molecule has 0 spiro atoms. The van der Waals surface area contributed by atoms with Crippen molar-refractivity contribution < 1.29 is 13.9 Å². The molecule has 212 valence electrons. The molecule has 5 N–H and O–H groups in total. The van der Waals surface area contributed by atoms with Gasteiger partial charge >= 0.3 is 12.0 Å². The highest BCUT2D eigenvalue weighted by Crippen LogP contribution is 2.30. The van der Waals surface area contributed by atoms with Crippen LogP contribution in [0.15, 0.2) is 73.6 Å². The smallest absolute Gasteiger partial charge is 0.324 e. The topological polar surface area (TPSA) is 166 Å². The summed E-state index contributed by atoms with van der Waals surface area (Å²) in [7, 11) is 0. The number of pyridine rings is 1. The summed E-state index contributed by atoms with van der Waals surface area (Å²) in [5.41, 5.74) is 9.65. The summed E-state index contributed by atoms with van der Waals surface area (Å²) in [6, 6.07) is 9.05. The minimum atomic E-state index is -0.687. The van der Waals surface area contributed by atoms with Crippen LogP contribution < -0.4 is 21.1 Å². The van der Waals surface area contributed by atoms with Crippen LogP contribution >= 0.6 is 0 Å². The molecule has 0 bridgehead atoms. The zero-order chi connectivity index (χ0) is 29.2. The van der Waals surface area contributed by atoms with Crippen LogP contribution in [0.4, 0.5) is 20.7 Å². The van der Waals surface area contributed by atoms with E-state index in [9.17, 15) is 4.79 Å². The second kappa shape index (κ2) is 11.1. The van der Waals surface area contributed by atoms with Crippen molar-refractivity contribution >= 4 is 23.2 Å². The number of aromatic amines is 1. The summed E-state index contributed by atoms with van der Waals surface area (Å²) in [6.07, 6.45) is 10.2. The van der Waals surface area contributed by atoms with Crippen molar-refractivity contribution in [2.24, 2.45) is 5.73 Å². The van der Waals surface area contributed by atoms with E-state index >= 15 is 4.39 Å². The maximum atomic E-state index is 15.1. The predicted octanol–water partition coefficient (Wildman–Crippen LogP) is 4.86. The number of H-pyrrole nitrogens is 1. The Morgan fingerprint density at radius 3 is 2.81 bits per heavy atom. The molecule has 0 atom stereocenters. The standard InChI is InChI=1S/C28H26FN11O2/c1-16(2)22-11-26(40(38-22)19-3-4-25-31-7-8-39(25)15-19)37-27(41)35-23-10-24(17(12-30)9-20(23)29)42-28-32-6-5-21(36-28)18-13-33-34-14-18/h3-11,13-16H,12,30H2,1-2H3,(H,33,34)(H2,35,37,41). The number of ether oxygens (including phenoxy) is 1. The molecule has 0 aliphatic carbocycles. The van der Waals surface area contributed by atoms with Gasteiger partial charge in [-0.1, -0.05) is 13.8 Å². The Bertz CT molecular complexity index is 1880. The van der Waals surface area contributed by atoms with Crippen LogP contribution in [0, 0.1) is 5.82 Å². The van der Waals surface area contributed by atoms with Crippen LogP contribution in [0.5, 0.6) is 11.8 Å². The second-order valence-corrected chi connectivity index (χ2v) is 9.64. The Morgan fingerprint density at radius 2 is 2.02 bits per heavy atom. The molecule has 1 aromatic carbocycles. The van der Waals surface area contributed by atoms with Gasteiger partial charge in [0.25, 0.3) is 0 Å². The van der Waals surface area contributed by atoms with E-state index in [-0.39, 0.29) is 29.9 Å². The quantitative estimate of drug-likeness (QED) is 0.202. The van der Waals surface area contributed by atoms with Crippen LogP contribution in [0.3, 0.4) is 0 Å². The van der Waals surface area contributed by atoms with Crippen molar-refractivity contribution in [3.63, 3.8) is 0 Å². The van der Waals surface area contributed by atoms with E-state index in [0.29, 0.717) is 22.8 Å². The van der Waals surface area contributed by atoms with Crippen molar-refractivity contribution in [3.8, 4) is 28.7 Å². The van der Waals surface area contributed by atoms with Gasteiger partial charge in [0.15, 0.2) is 0 Å². The van der Waals surface area contributed by atoms with Crippen LogP contribution in [0.1, 0.15) is 31.0 Å². The number of nitrogens with two attached hydrogens (primary N) is 1. The number of amides is 2. The monoisotopic (exact) mass is 567 g/mol. The first kappa shape index (κ1) is 26.6. The van der Waals surface area contributed by atoms with Crippen LogP contribution in [-0.4, -0.2) is 45.4 Å². The average molecular weight is 568 g/mol. The number of halogens is 1. The number of hydrogen-bond acceptors (Lipinski definition) is 8.